The molecule has 0 aliphatic rings. The lowest BCUT2D eigenvalue weighted by Gasteiger charge is -2.10. The second-order valence-corrected chi connectivity index (χ2v) is 4.29. The Bertz CT molecular complexity index is 407. The number of methoxy groups -OCH3 is 1. The molecule has 6 heteroatoms. The minimum atomic E-state index is -0.518. The molecule has 0 saturated carbocycles. The second-order valence-electron chi connectivity index (χ2n) is 4.29. The maximum atomic E-state index is 11.4. The fourth-order valence-corrected chi connectivity index (χ4v) is 1.45. The molecule has 0 saturated heterocycles. The molecule has 1 N–H and O–H groups in total. The van der Waals surface area contributed by atoms with Crippen LogP contribution in [0.15, 0.2) is 6.07 Å². The van der Waals surface area contributed by atoms with Crippen molar-refractivity contribution < 1.29 is 9.53 Å². The van der Waals surface area contributed by atoms with Crippen LogP contribution in [0.4, 0.5) is 5.82 Å². The van der Waals surface area contributed by atoms with Crippen molar-refractivity contribution in [1.29, 1.82) is 0 Å². The highest BCUT2D eigenvalue weighted by Crippen LogP contribution is 2.07. The summed E-state index contributed by atoms with van der Waals surface area (Å²) in [5.41, 5.74) is 0.737. The first-order chi connectivity index (χ1) is 8.52. The minimum Gasteiger partial charge on any atom is -0.463 e. The van der Waals surface area contributed by atoms with Crippen LogP contribution in [0.2, 0.25) is 0 Å². The predicted octanol–water partition coefficient (Wildman–Crippen LogP) is 0.935. The summed E-state index contributed by atoms with van der Waals surface area (Å²) in [4.78, 5) is 21.6. The number of nitrogens with zero attached hydrogens (tertiary/aromatic N) is 3. The van der Waals surface area contributed by atoms with E-state index in [1.54, 1.807) is 0 Å². The number of aryl methyl sites for hydroxylation is 1. The standard InChI is InChI=1S/C12H20N4O2/c1-9-8-10(13-6-5-7-16(2)3)15-11(14-9)12(17)18-4/h8H,5-7H2,1-4H3,(H,13,14,15). The zero-order valence-corrected chi connectivity index (χ0v) is 11.4. The number of aromatic nitrogens is 2. The number of carbonyl (C=O) groups is 1. The molecule has 1 aromatic heterocycles. The summed E-state index contributed by atoms with van der Waals surface area (Å²) in [6.45, 7) is 3.62. The van der Waals surface area contributed by atoms with Gasteiger partial charge in [0.2, 0.25) is 5.82 Å². The Morgan fingerprint density at radius 2 is 2.17 bits per heavy atom. The fraction of sp³-hybridized carbons (Fsp3) is 0.583. The monoisotopic (exact) mass is 252 g/mol. The van der Waals surface area contributed by atoms with Crippen LogP contribution in [-0.4, -0.2) is 55.1 Å². The summed E-state index contributed by atoms with van der Waals surface area (Å²) < 4.78 is 4.60. The van der Waals surface area contributed by atoms with Gasteiger partial charge in [-0.05, 0) is 34.0 Å². The molecule has 6 nitrogen and oxygen atoms in total. The van der Waals surface area contributed by atoms with Crippen molar-refractivity contribution in [2.24, 2.45) is 0 Å². The van der Waals surface area contributed by atoms with E-state index >= 15 is 0 Å². The minimum absolute atomic E-state index is 0.0904. The molecular weight excluding hydrogens is 232 g/mol. The summed E-state index contributed by atoms with van der Waals surface area (Å²) in [6.07, 6.45) is 1.00. The lowest BCUT2D eigenvalue weighted by molar-refractivity contribution is 0.0586. The van der Waals surface area contributed by atoms with Gasteiger partial charge in [0, 0.05) is 18.3 Å². The first kappa shape index (κ1) is 14.4. The van der Waals surface area contributed by atoms with E-state index in [0.717, 1.165) is 25.2 Å². The molecule has 0 radical (unpaired) electrons. The van der Waals surface area contributed by atoms with Crippen molar-refractivity contribution in [1.82, 2.24) is 14.9 Å². The van der Waals surface area contributed by atoms with Crippen molar-refractivity contribution in [3.8, 4) is 0 Å². The molecule has 0 aliphatic heterocycles. The average Bonchev–Trinajstić information content (AvgIpc) is 2.32. The van der Waals surface area contributed by atoms with E-state index in [4.69, 9.17) is 0 Å². The summed E-state index contributed by atoms with van der Waals surface area (Å²) in [5, 5.41) is 3.17. The van der Waals surface area contributed by atoms with Crippen LogP contribution in [0.25, 0.3) is 0 Å². The molecule has 0 fully saturated rings. The van der Waals surface area contributed by atoms with Crippen LogP contribution in [0, 0.1) is 6.92 Å². The van der Waals surface area contributed by atoms with Crippen LogP contribution in [0.5, 0.6) is 0 Å². The van der Waals surface area contributed by atoms with Gasteiger partial charge in [-0.25, -0.2) is 14.8 Å². The number of anilines is 1. The number of carbonyl (C=O) groups excluding carboxylic acids is 1. The third-order valence-electron chi connectivity index (χ3n) is 2.31. The molecule has 0 amide bonds. The van der Waals surface area contributed by atoms with Gasteiger partial charge in [0.1, 0.15) is 5.82 Å². The van der Waals surface area contributed by atoms with Crippen LogP contribution in [-0.2, 0) is 4.74 Å². The van der Waals surface area contributed by atoms with E-state index < -0.39 is 5.97 Å². The van der Waals surface area contributed by atoms with Crippen molar-refractivity contribution >= 4 is 11.8 Å². The van der Waals surface area contributed by atoms with Gasteiger partial charge in [-0.2, -0.15) is 0 Å². The Balaban J connectivity index is 2.60. The number of hydrogen-bond donors (Lipinski definition) is 1. The van der Waals surface area contributed by atoms with Gasteiger partial charge < -0.3 is 15.0 Å². The molecule has 0 spiro atoms. The number of esters is 1. The Hall–Kier alpha value is -1.69. The maximum Gasteiger partial charge on any atom is 0.376 e. The maximum absolute atomic E-state index is 11.4. The Morgan fingerprint density at radius 3 is 2.78 bits per heavy atom. The Morgan fingerprint density at radius 1 is 1.44 bits per heavy atom. The van der Waals surface area contributed by atoms with Crippen molar-refractivity contribution in [2.75, 3.05) is 39.6 Å². The molecule has 0 bridgehead atoms. The molecule has 100 valence electrons. The highest BCUT2D eigenvalue weighted by atomic mass is 16.5. The van der Waals surface area contributed by atoms with E-state index in [1.807, 2.05) is 27.1 Å². The number of ether oxygens (including phenoxy) is 1. The van der Waals surface area contributed by atoms with Gasteiger partial charge in [-0.1, -0.05) is 0 Å². The largest absolute Gasteiger partial charge is 0.463 e. The van der Waals surface area contributed by atoms with E-state index in [1.165, 1.54) is 7.11 Å². The third kappa shape index (κ3) is 4.67. The number of rotatable bonds is 6. The van der Waals surface area contributed by atoms with Gasteiger partial charge in [-0.15, -0.1) is 0 Å². The highest BCUT2D eigenvalue weighted by Gasteiger charge is 2.11. The van der Waals surface area contributed by atoms with Gasteiger partial charge in [0.15, 0.2) is 0 Å². The average molecular weight is 252 g/mol. The number of nitrogens with one attached hydrogen (secondary N) is 1. The highest BCUT2D eigenvalue weighted by molar-refractivity contribution is 5.85. The van der Waals surface area contributed by atoms with Gasteiger partial charge in [0.05, 0.1) is 7.11 Å². The lowest BCUT2D eigenvalue weighted by atomic mass is 10.3. The first-order valence-electron chi connectivity index (χ1n) is 5.85. The zero-order chi connectivity index (χ0) is 13.5. The van der Waals surface area contributed by atoms with Crippen LogP contribution >= 0.6 is 0 Å². The second kappa shape index (κ2) is 6.90. The van der Waals surface area contributed by atoms with E-state index in [2.05, 4.69) is 24.9 Å². The molecule has 1 rings (SSSR count). The first-order valence-corrected chi connectivity index (χ1v) is 5.85. The SMILES string of the molecule is COC(=O)c1nc(C)cc(NCCCN(C)C)n1. The van der Waals surface area contributed by atoms with Crippen LogP contribution < -0.4 is 5.32 Å². The van der Waals surface area contributed by atoms with Gasteiger partial charge >= 0.3 is 5.97 Å². The molecule has 1 aromatic rings. The van der Waals surface area contributed by atoms with Crippen molar-refractivity contribution in [3.63, 3.8) is 0 Å². The quantitative estimate of drug-likeness (QED) is 0.600. The molecular formula is C12H20N4O2. The van der Waals surface area contributed by atoms with E-state index in [9.17, 15) is 4.79 Å². The molecule has 1 heterocycles. The Kier molecular flexibility index (Phi) is 5.51. The zero-order valence-electron chi connectivity index (χ0n) is 11.4. The molecule has 0 unspecified atom stereocenters. The summed E-state index contributed by atoms with van der Waals surface area (Å²) in [7, 11) is 5.38. The topological polar surface area (TPSA) is 67.3 Å². The van der Waals surface area contributed by atoms with E-state index in [0.29, 0.717) is 5.82 Å². The molecule has 0 aliphatic carbocycles. The van der Waals surface area contributed by atoms with Gasteiger partial charge in [-0.3, -0.25) is 0 Å². The summed E-state index contributed by atoms with van der Waals surface area (Å²) >= 11 is 0. The normalized spacial score (nSPS) is 10.5. The smallest absolute Gasteiger partial charge is 0.376 e. The molecule has 18 heavy (non-hydrogen) atoms. The molecule has 0 aromatic carbocycles. The summed E-state index contributed by atoms with van der Waals surface area (Å²) in [5.74, 6) is 0.226. The van der Waals surface area contributed by atoms with Crippen LogP contribution in [0.1, 0.15) is 22.7 Å². The number of hydrogen-bond acceptors (Lipinski definition) is 6. The third-order valence-corrected chi connectivity index (χ3v) is 2.31. The summed E-state index contributed by atoms with van der Waals surface area (Å²) in [6, 6.07) is 1.81. The Labute approximate surface area is 107 Å². The van der Waals surface area contributed by atoms with Gasteiger partial charge in [0.25, 0.3) is 0 Å². The lowest BCUT2D eigenvalue weighted by Crippen LogP contribution is -2.17. The van der Waals surface area contributed by atoms with Crippen molar-refractivity contribution in [3.05, 3.63) is 17.6 Å². The van der Waals surface area contributed by atoms with E-state index in [-0.39, 0.29) is 5.82 Å². The molecule has 0 atom stereocenters. The van der Waals surface area contributed by atoms with Crippen LogP contribution in [0.3, 0.4) is 0 Å². The fourth-order valence-electron chi connectivity index (χ4n) is 1.45. The van der Waals surface area contributed by atoms with Crippen molar-refractivity contribution in [2.45, 2.75) is 13.3 Å². The predicted molar refractivity (Wildman–Crippen MR) is 69.8 cm³/mol.